The molecule has 3 heterocycles. The molecule has 0 aliphatic carbocycles. The fourth-order valence-corrected chi connectivity index (χ4v) is 7.09. The van der Waals surface area contributed by atoms with Gasteiger partial charge in [-0.2, -0.15) is 0 Å². The van der Waals surface area contributed by atoms with E-state index in [1.54, 1.807) is 6.92 Å². The Morgan fingerprint density at radius 3 is 2.65 bits per heavy atom. The third-order valence-electron chi connectivity index (χ3n) is 3.71. The molecule has 0 saturated carbocycles. The highest BCUT2D eigenvalue weighted by Gasteiger charge is 2.32. The first-order valence-electron chi connectivity index (χ1n) is 7.50. The molecular formula is C15H13Cl2NO5S3. The number of nitrogens with one attached hydrogen (secondary N) is 1. The van der Waals surface area contributed by atoms with Crippen LogP contribution in [0.2, 0.25) is 8.67 Å². The molecule has 0 saturated heterocycles. The van der Waals surface area contributed by atoms with Crippen molar-refractivity contribution in [2.75, 3.05) is 17.7 Å². The molecule has 11 heteroatoms. The lowest BCUT2D eigenvalue weighted by molar-refractivity contribution is 0.0527. The maximum absolute atomic E-state index is 12.5. The van der Waals surface area contributed by atoms with Gasteiger partial charge in [0, 0.05) is 4.88 Å². The van der Waals surface area contributed by atoms with E-state index in [2.05, 4.69) is 5.32 Å². The lowest BCUT2D eigenvalue weighted by Gasteiger charge is -2.13. The van der Waals surface area contributed by atoms with Crippen molar-refractivity contribution in [1.82, 2.24) is 0 Å². The molecule has 2 aromatic rings. The van der Waals surface area contributed by atoms with Gasteiger partial charge in [-0.15, -0.1) is 22.7 Å². The number of rotatable bonds is 4. The summed E-state index contributed by atoms with van der Waals surface area (Å²) in [4.78, 5) is 25.4. The highest BCUT2D eigenvalue weighted by Crippen LogP contribution is 2.39. The van der Waals surface area contributed by atoms with Gasteiger partial charge in [-0.1, -0.05) is 23.2 Å². The van der Waals surface area contributed by atoms with Crippen LogP contribution < -0.4 is 5.32 Å². The van der Waals surface area contributed by atoms with E-state index < -0.39 is 21.7 Å². The third-order valence-corrected chi connectivity index (χ3v) is 8.09. The topological polar surface area (TPSA) is 89.5 Å². The van der Waals surface area contributed by atoms with E-state index in [9.17, 15) is 18.0 Å². The standard InChI is InChI=1S/C15H13Cl2NO5S3/c1-2-23-15(20)11-7-3-4-26(21,22)6-9(7)24-14(11)18-13(19)8-5-10(16)25-12(8)17/h5H,2-4,6H2,1H3,(H,18,19). The number of carbonyl (C=O) groups excluding carboxylic acids is 2. The molecule has 0 radical (unpaired) electrons. The molecule has 0 unspecified atom stereocenters. The number of anilines is 1. The Morgan fingerprint density at radius 1 is 1.31 bits per heavy atom. The van der Waals surface area contributed by atoms with E-state index >= 15 is 0 Å². The average Bonchev–Trinajstić information content (AvgIpc) is 3.05. The second kappa shape index (κ2) is 7.47. The first kappa shape index (κ1) is 19.6. The Bertz CT molecular complexity index is 993. The SMILES string of the molecule is CCOC(=O)c1c(NC(=O)c2cc(Cl)sc2Cl)sc2c1CCS(=O)(=O)C2. The molecule has 26 heavy (non-hydrogen) atoms. The number of ether oxygens (including phenoxy) is 1. The number of carbonyl (C=O) groups is 2. The Balaban J connectivity index is 2.00. The van der Waals surface area contributed by atoms with Crippen LogP contribution in [0.25, 0.3) is 0 Å². The molecule has 2 aromatic heterocycles. The summed E-state index contributed by atoms with van der Waals surface area (Å²) in [5.74, 6) is -1.30. The monoisotopic (exact) mass is 453 g/mol. The van der Waals surface area contributed by atoms with Gasteiger partial charge in [0.05, 0.1) is 33.6 Å². The van der Waals surface area contributed by atoms with Gasteiger partial charge >= 0.3 is 5.97 Å². The number of amides is 1. The van der Waals surface area contributed by atoms with Crippen molar-refractivity contribution in [2.24, 2.45) is 0 Å². The van der Waals surface area contributed by atoms with Gasteiger partial charge in [0.25, 0.3) is 5.91 Å². The second-order valence-corrected chi connectivity index (χ2v) is 11.0. The number of fused-ring (bicyclic) bond motifs is 1. The smallest absolute Gasteiger partial charge is 0.341 e. The summed E-state index contributed by atoms with van der Waals surface area (Å²) in [7, 11) is -3.21. The van der Waals surface area contributed by atoms with E-state index in [1.807, 2.05) is 0 Å². The summed E-state index contributed by atoms with van der Waals surface area (Å²) in [6.45, 7) is 1.84. The van der Waals surface area contributed by atoms with Gasteiger partial charge in [-0.05, 0) is 25.0 Å². The molecule has 6 nitrogen and oxygen atoms in total. The minimum Gasteiger partial charge on any atom is -0.462 e. The predicted octanol–water partition coefficient (Wildman–Crippen LogP) is 4.02. The van der Waals surface area contributed by atoms with Crippen LogP contribution in [0.3, 0.4) is 0 Å². The lowest BCUT2D eigenvalue weighted by Crippen LogP contribution is -2.20. The van der Waals surface area contributed by atoms with E-state index in [0.29, 0.717) is 14.8 Å². The quantitative estimate of drug-likeness (QED) is 0.705. The molecular weight excluding hydrogens is 441 g/mol. The largest absolute Gasteiger partial charge is 0.462 e. The number of hydrogen-bond acceptors (Lipinski definition) is 7. The van der Waals surface area contributed by atoms with Gasteiger partial charge in [-0.25, -0.2) is 13.2 Å². The van der Waals surface area contributed by atoms with Crippen molar-refractivity contribution in [2.45, 2.75) is 19.1 Å². The first-order chi connectivity index (χ1) is 12.2. The fourth-order valence-electron chi connectivity index (χ4n) is 2.60. The van der Waals surface area contributed by atoms with Crippen molar-refractivity contribution in [3.8, 4) is 0 Å². The zero-order valence-electron chi connectivity index (χ0n) is 13.4. The van der Waals surface area contributed by atoms with Gasteiger partial charge < -0.3 is 10.1 Å². The van der Waals surface area contributed by atoms with Crippen molar-refractivity contribution in [3.63, 3.8) is 0 Å². The Labute approximate surface area is 168 Å². The molecule has 0 atom stereocenters. The van der Waals surface area contributed by atoms with Crippen LogP contribution in [0.5, 0.6) is 0 Å². The molecule has 1 amide bonds. The summed E-state index contributed by atoms with van der Waals surface area (Å²) >= 11 is 14.0. The summed E-state index contributed by atoms with van der Waals surface area (Å²) in [6, 6.07) is 1.44. The molecule has 0 fully saturated rings. The number of esters is 1. The third kappa shape index (κ3) is 3.91. The van der Waals surface area contributed by atoms with Crippen LogP contribution in [-0.2, 0) is 26.7 Å². The Kier molecular flexibility index (Phi) is 5.64. The molecule has 1 N–H and O–H groups in total. The van der Waals surface area contributed by atoms with Crippen LogP contribution in [0.4, 0.5) is 5.00 Å². The fraction of sp³-hybridized carbons (Fsp3) is 0.333. The number of sulfone groups is 1. The lowest BCUT2D eigenvalue weighted by atomic mass is 10.1. The zero-order chi connectivity index (χ0) is 19.1. The first-order valence-corrected chi connectivity index (χ1v) is 11.7. The predicted molar refractivity (Wildman–Crippen MR) is 104 cm³/mol. The molecule has 1 aliphatic rings. The maximum Gasteiger partial charge on any atom is 0.341 e. The average molecular weight is 454 g/mol. The van der Waals surface area contributed by atoms with Crippen molar-refractivity contribution in [1.29, 1.82) is 0 Å². The van der Waals surface area contributed by atoms with Crippen molar-refractivity contribution >= 4 is 72.6 Å². The normalized spacial score (nSPS) is 15.3. The summed E-state index contributed by atoms with van der Waals surface area (Å²) in [5, 5.41) is 2.91. The van der Waals surface area contributed by atoms with Crippen LogP contribution >= 0.6 is 45.9 Å². The van der Waals surface area contributed by atoms with E-state index in [0.717, 1.165) is 22.7 Å². The minimum absolute atomic E-state index is 0.0392. The van der Waals surface area contributed by atoms with Gasteiger partial charge in [0.2, 0.25) is 0 Å². The van der Waals surface area contributed by atoms with Crippen LogP contribution in [0.15, 0.2) is 6.07 Å². The summed E-state index contributed by atoms with van der Waals surface area (Å²) < 4.78 is 29.5. The highest BCUT2D eigenvalue weighted by molar-refractivity contribution is 7.90. The minimum atomic E-state index is -3.21. The summed E-state index contributed by atoms with van der Waals surface area (Å²) in [6.07, 6.45) is 0.212. The molecule has 3 rings (SSSR count). The molecule has 1 aliphatic heterocycles. The molecule has 0 aromatic carbocycles. The Hall–Kier alpha value is -1.13. The second-order valence-electron chi connectivity index (χ2n) is 5.46. The highest BCUT2D eigenvalue weighted by atomic mass is 35.5. The summed E-state index contributed by atoms with van der Waals surface area (Å²) in [5.41, 5.74) is 1.02. The number of halogens is 2. The molecule has 0 bridgehead atoms. The van der Waals surface area contributed by atoms with Crippen LogP contribution in [0.1, 0.15) is 38.1 Å². The van der Waals surface area contributed by atoms with Gasteiger partial charge in [0.15, 0.2) is 9.84 Å². The number of hydrogen-bond donors (Lipinski definition) is 1. The molecule has 140 valence electrons. The number of thiophene rings is 2. The van der Waals surface area contributed by atoms with Gasteiger partial charge in [0.1, 0.15) is 9.34 Å². The van der Waals surface area contributed by atoms with Crippen molar-refractivity contribution in [3.05, 3.63) is 36.3 Å². The van der Waals surface area contributed by atoms with E-state index in [1.165, 1.54) is 6.07 Å². The molecule has 0 spiro atoms. The van der Waals surface area contributed by atoms with E-state index in [4.69, 9.17) is 27.9 Å². The van der Waals surface area contributed by atoms with Gasteiger partial charge in [-0.3, -0.25) is 4.79 Å². The van der Waals surface area contributed by atoms with Crippen molar-refractivity contribution < 1.29 is 22.7 Å². The maximum atomic E-state index is 12.5. The van der Waals surface area contributed by atoms with Crippen LogP contribution in [-0.4, -0.2) is 32.7 Å². The zero-order valence-corrected chi connectivity index (χ0v) is 17.4. The Morgan fingerprint density at radius 2 is 2.04 bits per heavy atom. The van der Waals surface area contributed by atoms with Crippen LogP contribution in [0, 0.1) is 0 Å². The van der Waals surface area contributed by atoms with E-state index in [-0.39, 0.29) is 45.0 Å².